The van der Waals surface area contributed by atoms with Gasteiger partial charge in [0.25, 0.3) is 0 Å². The number of halogens is 3. The molecule has 4 nitrogen and oxygen atoms in total. The Balaban J connectivity index is 1.95. The summed E-state index contributed by atoms with van der Waals surface area (Å²) in [5, 5.41) is 3.06. The van der Waals surface area contributed by atoms with Gasteiger partial charge < -0.3 is 15.0 Å². The van der Waals surface area contributed by atoms with E-state index in [1.54, 1.807) is 6.07 Å². The van der Waals surface area contributed by atoms with Gasteiger partial charge in [-0.05, 0) is 51.3 Å². The molecule has 128 valence electrons. The van der Waals surface area contributed by atoms with Crippen molar-refractivity contribution in [2.75, 3.05) is 11.9 Å². The molecule has 2 rings (SSSR count). The van der Waals surface area contributed by atoms with Crippen LogP contribution in [0.3, 0.4) is 0 Å². The number of carbonyl (C=O) groups is 1. The first-order valence-electron chi connectivity index (χ1n) is 7.68. The molecule has 1 saturated heterocycles. The van der Waals surface area contributed by atoms with Crippen LogP contribution in [0.4, 0.5) is 14.5 Å². The topological polar surface area (TPSA) is 41.6 Å². The van der Waals surface area contributed by atoms with Gasteiger partial charge in [-0.15, -0.1) is 0 Å². The molecular formula is C16H21ClF2N2O2. The second kappa shape index (κ2) is 7.81. The quantitative estimate of drug-likeness (QED) is 0.871. The van der Waals surface area contributed by atoms with Crippen molar-refractivity contribution in [2.45, 2.75) is 51.8 Å². The largest absolute Gasteiger partial charge is 0.433 e. The third-order valence-electron chi connectivity index (χ3n) is 4.07. The minimum Gasteiger partial charge on any atom is -0.433 e. The van der Waals surface area contributed by atoms with Crippen LogP contribution in [0.5, 0.6) is 5.75 Å². The molecule has 1 aliphatic heterocycles. The lowest BCUT2D eigenvalue weighted by molar-refractivity contribution is -0.135. The van der Waals surface area contributed by atoms with E-state index < -0.39 is 6.61 Å². The summed E-state index contributed by atoms with van der Waals surface area (Å²) < 4.78 is 28.7. The van der Waals surface area contributed by atoms with Crippen molar-refractivity contribution in [2.24, 2.45) is 0 Å². The zero-order valence-corrected chi connectivity index (χ0v) is 13.9. The molecule has 1 aromatic carbocycles. The normalized spacial score (nSPS) is 21.4. The van der Waals surface area contributed by atoms with Gasteiger partial charge in [-0.3, -0.25) is 4.79 Å². The zero-order chi connectivity index (χ0) is 17.0. The van der Waals surface area contributed by atoms with Gasteiger partial charge in [-0.25, -0.2) is 0 Å². The molecule has 1 N–H and O–H groups in total. The number of piperidine rings is 1. The number of benzene rings is 1. The first-order valence-corrected chi connectivity index (χ1v) is 8.05. The number of anilines is 1. The lowest BCUT2D eigenvalue weighted by Gasteiger charge is -2.39. The lowest BCUT2D eigenvalue weighted by Crippen LogP contribution is -2.49. The molecule has 2 unspecified atom stereocenters. The van der Waals surface area contributed by atoms with E-state index in [9.17, 15) is 13.6 Å². The van der Waals surface area contributed by atoms with Crippen molar-refractivity contribution in [3.63, 3.8) is 0 Å². The number of nitrogens with zero attached hydrogens (tertiary/aromatic N) is 1. The molecular weight excluding hydrogens is 326 g/mol. The fourth-order valence-corrected chi connectivity index (χ4v) is 3.21. The van der Waals surface area contributed by atoms with E-state index in [0.29, 0.717) is 5.69 Å². The maximum absolute atomic E-state index is 12.4. The molecule has 23 heavy (non-hydrogen) atoms. The summed E-state index contributed by atoms with van der Waals surface area (Å²) in [6.45, 7) is 1.33. The van der Waals surface area contributed by atoms with Gasteiger partial charge >= 0.3 is 6.61 Å². The predicted molar refractivity (Wildman–Crippen MR) is 86.2 cm³/mol. The Labute approximate surface area is 139 Å². The molecule has 0 saturated carbocycles. The van der Waals surface area contributed by atoms with Crippen LogP contribution >= 0.6 is 11.6 Å². The molecule has 0 aliphatic carbocycles. The van der Waals surface area contributed by atoms with Crippen LogP contribution in [0.2, 0.25) is 5.02 Å². The van der Waals surface area contributed by atoms with E-state index >= 15 is 0 Å². The molecule has 1 heterocycles. The minimum absolute atomic E-state index is 0.0220. The fraction of sp³-hybridized carbons (Fsp3) is 0.562. The van der Waals surface area contributed by atoms with Crippen LogP contribution in [-0.2, 0) is 4.79 Å². The highest BCUT2D eigenvalue weighted by Crippen LogP contribution is 2.29. The Bertz CT molecular complexity index is 547. The molecule has 0 radical (unpaired) electrons. The van der Waals surface area contributed by atoms with Crippen molar-refractivity contribution in [3.8, 4) is 5.75 Å². The van der Waals surface area contributed by atoms with E-state index in [-0.39, 0.29) is 35.3 Å². The summed E-state index contributed by atoms with van der Waals surface area (Å²) in [5.41, 5.74) is 0.585. The van der Waals surface area contributed by atoms with E-state index in [4.69, 9.17) is 11.6 Å². The van der Waals surface area contributed by atoms with Gasteiger partial charge in [0, 0.05) is 17.8 Å². The van der Waals surface area contributed by atoms with Crippen molar-refractivity contribution in [1.82, 2.24) is 4.90 Å². The smallest absolute Gasteiger partial charge is 0.387 e. The van der Waals surface area contributed by atoms with Gasteiger partial charge in [0.1, 0.15) is 5.75 Å². The van der Waals surface area contributed by atoms with Crippen molar-refractivity contribution >= 4 is 23.2 Å². The monoisotopic (exact) mass is 346 g/mol. The van der Waals surface area contributed by atoms with Gasteiger partial charge in [0.05, 0.1) is 11.6 Å². The molecule has 2 atom stereocenters. The second-order valence-corrected chi connectivity index (χ2v) is 6.21. The summed E-state index contributed by atoms with van der Waals surface area (Å²) >= 11 is 5.89. The van der Waals surface area contributed by atoms with Gasteiger partial charge in [-0.1, -0.05) is 11.6 Å². The Kier molecular flexibility index (Phi) is 6.04. The summed E-state index contributed by atoms with van der Waals surface area (Å²) in [5.74, 6) is -0.0643. The number of alkyl halides is 2. The van der Waals surface area contributed by atoms with Crippen LogP contribution in [-0.4, -0.2) is 36.0 Å². The molecule has 1 amide bonds. The van der Waals surface area contributed by atoms with Gasteiger partial charge in [0.2, 0.25) is 5.91 Å². The van der Waals surface area contributed by atoms with Crippen LogP contribution in [0.1, 0.15) is 33.1 Å². The number of hydrogen-bond donors (Lipinski definition) is 1. The summed E-state index contributed by atoms with van der Waals surface area (Å²) in [7, 11) is 0. The number of nitrogens with one attached hydrogen (secondary N) is 1. The van der Waals surface area contributed by atoms with E-state index in [1.165, 1.54) is 12.1 Å². The van der Waals surface area contributed by atoms with Crippen molar-refractivity contribution in [3.05, 3.63) is 23.2 Å². The molecule has 7 heteroatoms. The Morgan fingerprint density at radius 2 is 2.04 bits per heavy atom. The average molecular weight is 347 g/mol. The molecule has 1 aromatic rings. The third-order valence-corrected chi connectivity index (χ3v) is 4.37. The average Bonchev–Trinajstić information content (AvgIpc) is 2.47. The fourth-order valence-electron chi connectivity index (χ4n) is 2.98. The Morgan fingerprint density at radius 3 is 2.61 bits per heavy atom. The van der Waals surface area contributed by atoms with Crippen molar-refractivity contribution < 1.29 is 18.3 Å². The van der Waals surface area contributed by atoms with Crippen LogP contribution in [0.25, 0.3) is 0 Å². The molecule has 0 spiro atoms. The Morgan fingerprint density at radius 1 is 1.39 bits per heavy atom. The van der Waals surface area contributed by atoms with Crippen molar-refractivity contribution in [1.29, 1.82) is 0 Å². The maximum atomic E-state index is 12.4. The van der Waals surface area contributed by atoms with Crippen LogP contribution in [0.15, 0.2) is 18.2 Å². The standard InChI is InChI=1S/C16H21ClF2N2O2/c1-10-4-3-5-11(2)21(10)15(22)9-20-12-6-7-14(13(17)8-12)23-16(18)19/h6-8,10-11,16,20H,3-5,9H2,1-2H3. The summed E-state index contributed by atoms with van der Waals surface area (Å²) in [6, 6.07) is 4.85. The third kappa shape index (κ3) is 4.70. The number of ether oxygens (including phenoxy) is 1. The highest BCUT2D eigenvalue weighted by Gasteiger charge is 2.28. The predicted octanol–water partition coefficient (Wildman–Crippen LogP) is 4.14. The zero-order valence-electron chi connectivity index (χ0n) is 13.2. The summed E-state index contributed by atoms with van der Waals surface area (Å²) in [4.78, 5) is 14.3. The van der Waals surface area contributed by atoms with Crippen LogP contribution in [0, 0.1) is 0 Å². The Hall–Kier alpha value is -1.56. The molecule has 0 aromatic heterocycles. The second-order valence-electron chi connectivity index (χ2n) is 5.81. The minimum atomic E-state index is -2.92. The highest BCUT2D eigenvalue weighted by atomic mass is 35.5. The number of likely N-dealkylation sites (tertiary alicyclic amines) is 1. The van der Waals surface area contributed by atoms with E-state index in [0.717, 1.165) is 19.3 Å². The maximum Gasteiger partial charge on any atom is 0.387 e. The number of amides is 1. The molecule has 1 aliphatic rings. The molecule has 1 fully saturated rings. The van der Waals surface area contributed by atoms with Gasteiger partial charge in [0.15, 0.2) is 0 Å². The number of hydrogen-bond acceptors (Lipinski definition) is 3. The number of carbonyl (C=O) groups excluding carboxylic acids is 1. The SMILES string of the molecule is CC1CCCC(C)N1C(=O)CNc1ccc(OC(F)F)c(Cl)c1. The van der Waals surface area contributed by atoms with Crippen LogP contribution < -0.4 is 10.1 Å². The molecule has 0 bridgehead atoms. The van der Waals surface area contributed by atoms with E-state index in [1.807, 2.05) is 4.90 Å². The number of rotatable bonds is 5. The van der Waals surface area contributed by atoms with E-state index in [2.05, 4.69) is 23.9 Å². The summed E-state index contributed by atoms with van der Waals surface area (Å²) in [6.07, 6.45) is 3.17. The first kappa shape index (κ1) is 17.8. The van der Waals surface area contributed by atoms with Gasteiger partial charge in [-0.2, -0.15) is 8.78 Å². The highest BCUT2D eigenvalue weighted by molar-refractivity contribution is 6.32. The lowest BCUT2D eigenvalue weighted by atomic mass is 9.97. The first-order chi connectivity index (χ1) is 10.9.